The Hall–Kier alpha value is -2.90. The highest BCUT2D eigenvalue weighted by molar-refractivity contribution is 5.98. The Labute approximate surface area is 150 Å². The molecule has 1 aliphatic rings. The number of rotatable bonds is 6. The maximum atomic E-state index is 11.7. The number of benzene rings is 2. The van der Waals surface area contributed by atoms with E-state index in [9.17, 15) is 19.8 Å². The SMILES string of the molecule is O=C(NCC(O)C(O)c1ccc2c(c1)CNC2=O)OCc1ccccc1. The lowest BCUT2D eigenvalue weighted by atomic mass is 9.99. The topological polar surface area (TPSA) is 108 Å². The van der Waals surface area contributed by atoms with Crippen LogP contribution in [0.4, 0.5) is 4.79 Å². The van der Waals surface area contributed by atoms with E-state index in [2.05, 4.69) is 10.6 Å². The normalized spacial score (nSPS) is 14.9. The minimum Gasteiger partial charge on any atom is -0.445 e. The predicted molar refractivity (Wildman–Crippen MR) is 93.2 cm³/mol. The Morgan fingerprint density at radius 1 is 1.19 bits per heavy atom. The van der Waals surface area contributed by atoms with Crippen LogP contribution in [-0.2, 0) is 17.9 Å². The van der Waals surface area contributed by atoms with Crippen molar-refractivity contribution in [2.24, 2.45) is 0 Å². The third-order valence-electron chi connectivity index (χ3n) is 4.19. The van der Waals surface area contributed by atoms with Gasteiger partial charge in [0.25, 0.3) is 5.91 Å². The summed E-state index contributed by atoms with van der Waals surface area (Å²) < 4.78 is 5.05. The van der Waals surface area contributed by atoms with Crippen LogP contribution >= 0.6 is 0 Å². The summed E-state index contributed by atoms with van der Waals surface area (Å²) in [7, 11) is 0. The molecule has 2 amide bonds. The standard InChI is InChI=1S/C19H20N2O5/c22-16(10-21-19(25)26-11-12-4-2-1-3-5-12)17(23)13-6-7-15-14(8-13)9-20-18(15)24/h1-8,16-17,22-23H,9-11H2,(H,20,24)(H,21,25). The first-order valence-electron chi connectivity index (χ1n) is 8.26. The number of aliphatic hydroxyl groups excluding tert-OH is 2. The minimum atomic E-state index is -1.21. The summed E-state index contributed by atoms with van der Waals surface area (Å²) >= 11 is 0. The lowest BCUT2D eigenvalue weighted by molar-refractivity contribution is 0.0183. The van der Waals surface area contributed by atoms with E-state index in [1.54, 1.807) is 18.2 Å². The van der Waals surface area contributed by atoms with Crippen molar-refractivity contribution in [3.05, 3.63) is 70.8 Å². The van der Waals surface area contributed by atoms with E-state index in [0.29, 0.717) is 17.7 Å². The highest BCUT2D eigenvalue weighted by Crippen LogP contribution is 2.23. The van der Waals surface area contributed by atoms with Crippen LogP contribution in [0.5, 0.6) is 0 Å². The van der Waals surface area contributed by atoms with E-state index in [4.69, 9.17) is 4.74 Å². The molecule has 0 aromatic heterocycles. The number of carbonyl (C=O) groups is 2. The minimum absolute atomic E-state index is 0.122. The number of carbonyl (C=O) groups excluding carboxylic acids is 2. The fourth-order valence-corrected chi connectivity index (χ4v) is 2.73. The van der Waals surface area contributed by atoms with Crippen molar-refractivity contribution in [2.45, 2.75) is 25.4 Å². The van der Waals surface area contributed by atoms with E-state index in [1.165, 1.54) is 0 Å². The molecule has 2 unspecified atom stereocenters. The van der Waals surface area contributed by atoms with Crippen LogP contribution in [0.2, 0.25) is 0 Å². The van der Waals surface area contributed by atoms with Gasteiger partial charge in [-0.05, 0) is 22.8 Å². The van der Waals surface area contributed by atoms with Gasteiger partial charge in [-0.2, -0.15) is 0 Å². The maximum absolute atomic E-state index is 11.7. The smallest absolute Gasteiger partial charge is 0.407 e. The Morgan fingerprint density at radius 3 is 2.73 bits per heavy atom. The molecule has 3 rings (SSSR count). The molecule has 2 aromatic rings. The summed E-state index contributed by atoms with van der Waals surface area (Å²) in [4.78, 5) is 23.2. The molecule has 1 heterocycles. The van der Waals surface area contributed by atoms with Crippen molar-refractivity contribution in [1.82, 2.24) is 10.6 Å². The lowest BCUT2D eigenvalue weighted by Crippen LogP contribution is -2.35. The van der Waals surface area contributed by atoms with E-state index in [1.807, 2.05) is 30.3 Å². The van der Waals surface area contributed by atoms with Crippen molar-refractivity contribution in [3.63, 3.8) is 0 Å². The Kier molecular flexibility index (Phi) is 5.50. The number of aliphatic hydroxyl groups is 2. The molecule has 2 atom stereocenters. The lowest BCUT2D eigenvalue weighted by Gasteiger charge is -2.19. The van der Waals surface area contributed by atoms with Crippen LogP contribution in [0.15, 0.2) is 48.5 Å². The van der Waals surface area contributed by atoms with Gasteiger partial charge in [-0.3, -0.25) is 4.79 Å². The molecular formula is C19H20N2O5. The summed E-state index contributed by atoms with van der Waals surface area (Å²) in [5.74, 6) is -0.149. The van der Waals surface area contributed by atoms with E-state index in [-0.39, 0.29) is 19.1 Å². The van der Waals surface area contributed by atoms with Crippen molar-refractivity contribution >= 4 is 12.0 Å². The van der Waals surface area contributed by atoms with Crippen molar-refractivity contribution in [3.8, 4) is 0 Å². The average molecular weight is 356 g/mol. The fraction of sp³-hybridized carbons (Fsp3) is 0.263. The van der Waals surface area contributed by atoms with Gasteiger partial charge in [0.05, 0.1) is 0 Å². The Morgan fingerprint density at radius 2 is 1.96 bits per heavy atom. The molecule has 0 saturated carbocycles. The highest BCUT2D eigenvalue weighted by Gasteiger charge is 2.23. The third-order valence-corrected chi connectivity index (χ3v) is 4.19. The zero-order chi connectivity index (χ0) is 18.5. The summed E-state index contributed by atoms with van der Waals surface area (Å²) in [5, 5.41) is 25.5. The fourth-order valence-electron chi connectivity index (χ4n) is 2.73. The van der Waals surface area contributed by atoms with E-state index >= 15 is 0 Å². The van der Waals surface area contributed by atoms with Gasteiger partial charge < -0.3 is 25.6 Å². The second-order valence-corrected chi connectivity index (χ2v) is 6.05. The second kappa shape index (κ2) is 7.99. The third kappa shape index (κ3) is 4.19. The Bertz CT molecular complexity index is 794. The molecule has 0 radical (unpaired) electrons. The number of fused-ring (bicyclic) bond motifs is 1. The van der Waals surface area contributed by atoms with Crippen LogP contribution in [0.3, 0.4) is 0 Å². The molecule has 0 spiro atoms. The first kappa shape index (κ1) is 17.9. The van der Waals surface area contributed by atoms with Crippen molar-refractivity contribution in [2.75, 3.05) is 6.54 Å². The molecule has 1 aliphatic heterocycles. The molecule has 0 bridgehead atoms. The number of amides is 2. The zero-order valence-corrected chi connectivity index (χ0v) is 14.0. The molecule has 0 fully saturated rings. The number of ether oxygens (including phenoxy) is 1. The van der Waals surface area contributed by atoms with Crippen molar-refractivity contribution < 1.29 is 24.5 Å². The van der Waals surface area contributed by atoms with Gasteiger partial charge in [-0.15, -0.1) is 0 Å². The van der Waals surface area contributed by atoms with Gasteiger partial charge >= 0.3 is 6.09 Å². The summed E-state index contributed by atoms with van der Waals surface area (Å²) in [6, 6.07) is 14.1. The quantitative estimate of drug-likeness (QED) is 0.623. The summed E-state index contributed by atoms with van der Waals surface area (Å²) in [6.07, 6.45) is -3.07. The maximum Gasteiger partial charge on any atom is 0.407 e. The molecule has 26 heavy (non-hydrogen) atoms. The highest BCUT2D eigenvalue weighted by atomic mass is 16.5. The monoisotopic (exact) mass is 356 g/mol. The van der Waals surface area contributed by atoms with Crippen molar-refractivity contribution in [1.29, 1.82) is 0 Å². The van der Waals surface area contributed by atoms with Gasteiger partial charge in [-0.1, -0.05) is 42.5 Å². The number of hydrogen-bond acceptors (Lipinski definition) is 5. The first-order valence-corrected chi connectivity index (χ1v) is 8.26. The van der Waals surface area contributed by atoms with Gasteiger partial charge in [0.1, 0.15) is 18.8 Å². The summed E-state index contributed by atoms with van der Waals surface area (Å²) in [6.45, 7) is 0.356. The van der Waals surface area contributed by atoms with Crippen LogP contribution in [-0.4, -0.2) is 34.9 Å². The number of hydrogen-bond donors (Lipinski definition) is 4. The van der Waals surface area contributed by atoms with Crippen LogP contribution in [0.25, 0.3) is 0 Å². The molecule has 4 N–H and O–H groups in total. The van der Waals surface area contributed by atoms with E-state index < -0.39 is 18.3 Å². The first-order chi connectivity index (χ1) is 12.5. The predicted octanol–water partition coefficient (Wildman–Crippen LogP) is 1.25. The second-order valence-electron chi connectivity index (χ2n) is 6.05. The van der Waals surface area contributed by atoms with Crippen LogP contribution in [0, 0.1) is 0 Å². The van der Waals surface area contributed by atoms with Crippen LogP contribution < -0.4 is 10.6 Å². The zero-order valence-electron chi connectivity index (χ0n) is 14.0. The largest absolute Gasteiger partial charge is 0.445 e. The average Bonchev–Trinajstić information content (AvgIpc) is 3.05. The number of alkyl carbamates (subject to hydrolysis) is 1. The van der Waals surface area contributed by atoms with Gasteiger partial charge in [0.2, 0.25) is 0 Å². The van der Waals surface area contributed by atoms with E-state index in [0.717, 1.165) is 11.1 Å². The number of nitrogens with one attached hydrogen (secondary N) is 2. The molecular weight excluding hydrogens is 336 g/mol. The molecule has 7 heteroatoms. The molecule has 0 aliphatic carbocycles. The Balaban J connectivity index is 1.49. The molecule has 136 valence electrons. The van der Waals surface area contributed by atoms with Crippen LogP contribution in [0.1, 0.15) is 33.2 Å². The molecule has 0 saturated heterocycles. The van der Waals surface area contributed by atoms with Gasteiger partial charge in [0, 0.05) is 18.7 Å². The molecule has 7 nitrogen and oxygen atoms in total. The molecule has 2 aromatic carbocycles. The van der Waals surface area contributed by atoms with Gasteiger partial charge in [0.15, 0.2) is 0 Å². The van der Waals surface area contributed by atoms with Gasteiger partial charge in [-0.25, -0.2) is 4.79 Å². The summed E-state index contributed by atoms with van der Waals surface area (Å²) in [5.41, 5.74) is 2.67.